The maximum Gasteiger partial charge on any atom is 0.0620 e. The van der Waals surface area contributed by atoms with E-state index < -0.39 is 0 Å². The quantitative estimate of drug-likeness (QED) is 0.165. The van der Waals surface area contributed by atoms with Crippen LogP contribution in [0.25, 0.3) is 70.9 Å². The van der Waals surface area contributed by atoms with Crippen molar-refractivity contribution in [3.8, 4) is 16.8 Å². The summed E-state index contributed by atoms with van der Waals surface area (Å²) >= 11 is 0. The lowest BCUT2D eigenvalue weighted by Gasteiger charge is -2.28. The molecule has 0 radical (unpaired) electrons. The molecule has 1 aliphatic rings. The molecule has 0 amide bonds. The van der Waals surface area contributed by atoms with Crippen LogP contribution in [0.4, 0.5) is 17.1 Å². The summed E-state index contributed by atoms with van der Waals surface area (Å²) in [6.45, 7) is 11.8. The molecule has 55 heavy (non-hydrogen) atoms. The third-order valence-electron chi connectivity index (χ3n) is 12.4. The van der Waals surface area contributed by atoms with Crippen molar-refractivity contribution in [3.05, 3.63) is 180 Å². The third-order valence-corrected chi connectivity index (χ3v) is 12.4. The van der Waals surface area contributed by atoms with Crippen LogP contribution in [0.3, 0.4) is 0 Å². The Morgan fingerprint density at radius 3 is 1.78 bits per heavy atom. The van der Waals surface area contributed by atoms with E-state index in [1.54, 1.807) is 0 Å². The predicted octanol–water partition coefficient (Wildman–Crippen LogP) is 14.8. The molecule has 0 fully saturated rings. The Labute approximate surface area is 322 Å². The molecule has 0 atom stereocenters. The summed E-state index contributed by atoms with van der Waals surface area (Å²) in [4.78, 5) is 2.38. The number of nitrogens with zero attached hydrogens (tertiary/aromatic N) is 2. The van der Waals surface area contributed by atoms with Gasteiger partial charge in [-0.15, -0.1) is 0 Å². The Kier molecular flexibility index (Phi) is 6.60. The van der Waals surface area contributed by atoms with Crippen LogP contribution in [0.1, 0.15) is 51.3 Å². The zero-order valence-electron chi connectivity index (χ0n) is 32.0. The average Bonchev–Trinajstić information content (AvgIpc) is 3.65. The fraction of sp³-hybridized carbons (Fsp3) is 0.132. The van der Waals surface area contributed by atoms with Gasteiger partial charge in [0.2, 0.25) is 0 Å². The summed E-state index contributed by atoms with van der Waals surface area (Å²) in [5, 5.41) is 10.6. The first-order valence-electron chi connectivity index (χ1n) is 19.5. The first-order chi connectivity index (χ1) is 26.7. The molecule has 1 aliphatic carbocycles. The minimum Gasteiger partial charge on any atom is -0.310 e. The van der Waals surface area contributed by atoms with E-state index in [2.05, 4.69) is 208 Å². The maximum absolute atomic E-state index is 2.50. The van der Waals surface area contributed by atoms with Crippen molar-refractivity contribution in [2.45, 2.75) is 45.4 Å². The van der Waals surface area contributed by atoms with Crippen LogP contribution in [0.2, 0.25) is 0 Å². The zero-order valence-corrected chi connectivity index (χ0v) is 32.0. The van der Waals surface area contributed by atoms with Crippen molar-refractivity contribution in [2.24, 2.45) is 0 Å². The van der Waals surface area contributed by atoms with E-state index in [4.69, 9.17) is 0 Å². The Morgan fingerprint density at radius 2 is 1.11 bits per heavy atom. The standard InChI is InChI=1S/C53H42N2/c1-52(2,3)35-23-28-47-43(31-35)45-30-34-21-25-41-48-33(22-26-42(49(34)48)51(45)55(47)38-19-13-8-14-20-38)29-44-40-27-24-39(32-46(40)53(4,5)50(41)44)54(36-15-9-6-10-16-36)37-17-11-7-12-18-37/h6-32H,1-5H3. The predicted molar refractivity (Wildman–Crippen MR) is 235 cm³/mol. The molecular weight excluding hydrogens is 665 g/mol. The number of rotatable bonds is 4. The van der Waals surface area contributed by atoms with Gasteiger partial charge in [-0.05, 0) is 133 Å². The first kappa shape index (κ1) is 32.1. The van der Waals surface area contributed by atoms with Crippen LogP contribution < -0.4 is 4.90 Å². The van der Waals surface area contributed by atoms with Gasteiger partial charge in [0.05, 0.1) is 11.0 Å². The third kappa shape index (κ3) is 4.55. The molecule has 2 nitrogen and oxygen atoms in total. The summed E-state index contributed by atoms with van der Waals surface area (Å²) in [6, 6.07) is 61.1. The molecule has 1 heterocycles. The van der Waals surface area contributed by atoms with Crippen molar-refractivity contribution in [1.82, 2.24) is 4.57 Å². The van der Waals surface area contributed by atoms with E-state index in [9.17, 15) is 0 Å². The average molecular weight is 707 g/mol. The monoisotopic (exact) mass is 706 g/mol. The van der Waals surface area contributed by atoms with Crippen LogP contribution in [-0.4, -0.2) is 4.57 Å². The summed E-state index contributed by atoms with van der Waals surface area (Å²) in [7, 11) is 0. The lowest BCUT2D eigenvalue weighted by molar-refractivity contribution is 0.591. The van der Waals surface area contributed by atoms with Crippen LogP contribution in [0.5, 0.6) is 0 Å². The molecule has 264 valence electrons. The highest BCUT2D eigenvalue weighted by Gasteiger charge is 2.38. The summed E-state index contributed by atoms with van der Waals surface area (Å²) in [5.74, 6) is 0. The van der Waals surface area contributed by atoms with Crippen LogP contribution in [-0.2, 0) is 10.8 Å². The number of fused-ring (bicyclic) bond motifs is 8. The molecule has 1 aromatic heterocycles. The van der Waals surface area contributed by atoms with Gasteiger partial charge in [-0.25, -0.2) is 0 Å². The lowest BCUT2D eigenvalue weighted by atomic mass is 9.78. The molecule has 2 heteroatoms. The number of anilines is 3. The van der Waals surface area contributed by atoms with E-state index in [0.717, 1.165) is 11.4 Å². The van der Waals surface area contributed by atoms with E-state index in [1.807, 2.05) is 0 Å². The molecule has 11 rings (SSSR count). The SMILES string of the molecule is CC(C)(C)c1ccc2c(c1)c1cc3ccc4c5c(cc6ccc(c3c64)c1n2-c1ccccc1)-c1ccc(N(c2ccccc2)c2ccccc2)cc1C5(C)C. The van der Waals surface area contributed by atoms with Gasteiger partial charge in [0.1, 0.15) is 0 Å². The van der Waals surface area contributed by atoms with Gasteiger partial charge in [0.25, 0.3) is 0 Å². The van der Waals surface area contributed by atoms with Gasteiger partial charge >= 0.3 is 0 Å². The first-order valence-corrected chi connectivity index (χ1v) is 19.5. The topological polar surface area (TPSA) is 8.17 Å². The van der Waals surface area contributed by atoms with Crippen molar-refractivity contribution >= 4 is 71.2 Å². The molecule has 0 spiro atoms. The highest BCUT2D eigenvalue weighted by Crippen LogP contribution is 2.55. The van der Waals surface area contributed by atoms with E-state index in [0.29, 0.717) is 0 Å². The Hall–Kier alpha value is -6.38. The number of hydrogen-bond acceptors (Lipinski definition) is 1. The molecule has 0 saturated heterocycles. The summed E-state index contributed by atoms with van der Waals surface area (Å²) in [6.07, 6.45) is 0. The largest absolute Gasteiger partial charge is 0.310 e. The van der Waals surface area contributed by atoms with Crippen molar-refractivity contribution in [2.75, 3.05) is 4.90 Å². The molecule has 0 N–H and O–H groups in total. The fourth-order valence-corrected chi connectivity index (χ4v) is 9.81. The highest BCUT2D eigenvalue weighted by molar-refractivity contribution is 6.32. The Bertz CT molecular complexity index is 3090. The molecule has 9 aromatic carbocycles. The van der Waals surface area contributed by atoms with Crippen LogP contribution >= 0.6 is 0 Å². The molecule has 0 saturated carbocycles. The number of para-hydroxylation sites is 3. The minimum absolute atomic E-state index is 0.0540. The molecular formula is C53H42N2. The van der Waals surface area contributed by atoms with Gasteiger partial charge in [0, 0.05) is 44.3 Å². The molecule has 0 aliphatic heterocycles. The number of hydrogen-bond donors (Lipinski definition) is 0. The zero-order chi connectivity index (χ0) is 37.2. The van der Waals surface area contributed by atoms with Gasteiger partial charge in [-0.1, -0.05) is 126 Å². The number of benzene rings is 9. The van der Waals surface area contributed by atoms with Gasteiger partial charge in [-0.3, -0.25) is 0 Å². The van der Waals surface area contributed by atoms with Crippen molar-refractivity contribution in [1.29, 1.82) is 0 Å². The molecule has 0 unspecified atom stereocenters. The van der Waals surface area contributed by atoms with E-state index in [1.165, 1.54) is 93.3 Å². The smallest absolute Gasteiger partial charge is 0.0620 e. The van der Waals surface area contributed by atoms with E-state index >= 15 is 0 Å². The van der Waals surface area contributed by atoms with Crippen LogP contribution in [0, 0.1) is 0 Å². The van der Waals surface area contributed by atoms with Crippen LogP contribution in [0.15, 0.2) is 164 Å². The molecule has 10 aromatic rings. The summed E-state index contributed by atoms with van der Waals surface area (Å²) < 4.78 is 2.50. The second-order valence-corrected chi connectivity index (χ2v) is 17.0. The number of aromatic nitrogens is 1. The van der Waals surface area contributed by atoms with Crippen molar-refractivity contribution in [3.63, 3.8) is 0 Å². The Morgan fingerprint density at radius 1 is 0.491 bits per heavy atom. The fourth-order valence-electron chi connectivity index (χ4n) is 9.81. The summed E-state index contributed by atoms with van der Waals surface area (Å²) in [5.41, 5.74) is 13.9. The Balaban J connectivity index is 1.17. The second-order valence-electron chi connectivity index (χ2n) is 17.0. The lowest BCUT2D eigenvalue weighted by Crippen LogP contribution is -2.17. The van der Waals surface area contributed by atoms with Gasteiger partial charge in [0.15, 0.2) is 0 Å². The highest BCUT2D eigenvalue weighted by atomic mass is 15.1. The molecule has 0 bridgehead atoms. The minimum atomic E-state index is -0.209. The van der Waals surface area contributed by atoms with Gasteiger partial charge in [-0.2, -0.15) is 0 Å². The normalized spacial score (nSPS) is 13.7. The van der Waals surface area contributed by atoms with Gasteiger partial charge < -0.3 is 9.47 Å². The van der Waals surface area contributed by atoms with Crippen molar-refractivity contribution < 1.29 is 0 Å². The van der Waals surface area contributed by atoms with E-state index in [-0.39, 0.29) is 10.8 Å². The second kappa shape index (κ2) is 11.3. The maximum atomic E-state index is 2.50.